The van der Waals surface area contributed by atoms with Crippen LogP contribution in [-0.2, 0) is 11.3 Å². The molecule has 4 nitrogen and oxygen atoms in total. The number of Topliss-reactive ketones (excluding diaryl/α,β-unsaturated/α-hetero) is 1. The molecule has 1 aliphatic carbocycles. The molecule has 4 heteroatoms. The van der Waals surface area contributed by atoms with Gasteiger partial charge in [-0.1, -0.05) is 62.4 Å². The second-order valence-corrected chi connectivity index (χ2v) is 8.06. The van der Waals surface area contributed by atoms with Crippen LogP contribution < -0.4 is 4.74 Å². The Hall–Kier alpha value is -3.14. The number of hydrogen-bond acceptors (Lipinski definition) is 4. The number of benzene rings is 2. The fourth-order valence-electron chi connectivity index (χ4n) is 3.44. The van der Waals surface area contributed by atoms with Crippen LogP contribution in [0.25, 0.3) is 6.08 Å². The van der Waals surface area contributed by atoms with Gasteiger partial charge in [0.25, 0.3) is 0 Å². The predicted molar refractivity (Wildman–Crippen MR) is 117 cm³/mol. The van der Waals surface area contributed by atoms with E-state index in [4.69, 9.17) is 4.74 Å². The number of allylic oxidation sites excluding steroid dienone is 3. The Balaban J connectivity index is 1.95. The Labute approximate surface area is 172 Å². The van der Waals surface area contributed by atoms with Gasteiger partial charge in [0.1, 0.15) is 11.5 Å². The molecule has 0 unspecified atom stereocenters. The molecule has 0 radical (unpaired) electrons. The van der Waals surface area contributed by atoms with Crippen molar-refractivity contribution in [2.75, 3.05) is 7.11 Å². The quantitative estimate of drug-likeness (QED) is 0.659. The molecule has 0 heterocycles. The first-order chi connectivity index (χ1) is 13.9. The van der Waals surface area contributed by atoms with Gasteiger partial charge in [0.15, 0.2) is 5.78 Å². The van der Waals surface area contributed by atoms with Gasteiger partial charge in [0, 0.05) is 12.8 Å². The molecular weight excluding hydrogens is 362 g/mol. The Morgan fingerprint density at radius 1 is 1.10 bits per heavy atom. The van der Waals surface area contributed by atoms with Crippen molar-refractivity contribution in [1.82, 2.24) is 0 Å². The lowest BCUT2D eigenvalue weighted by molar-refractivity contribution is -0.117. The van der Waals surface area contributed by atoms with Gasteiger partial charge in [-0.3, -0.25) is 9.79 Å². The van der Waals surface area contributed by atoms with E-state index in [0.29, 0.717) is 30.7 Å². The number of aliphatic hydroxyl groups is 1. The summed E-state index contributed by atoms with van der Waals surface area (Å²) in [5.41, 5.74) is 2.62. The van der Waals surface area contributed by atoms with E-state index in [9.17, 15) is 9.90 Å². The van der Waals surface area contributed by atoms with Crippen molar-refractivity contribution >= 4 is 17.6 Å². The van der Waals surface area contributed by atoms with Crippen LogP contribution in [0.15, 0.2) is 77.0 Å². The monoisotopic (exact) mass is 389 g/mol. The highest BCUT2D eigenvalue weighted by atomic mass is 16.5. The van der Waals surface area contributed by atoms with E-state index in [1.807, 2.05) is 80.6 Å². The highest BCUT2D eigenvalue weighted by Gasteiger charge is 2.34. The summed E-state index contributed by atoms with van der Waals surface area (Å²) in [7, 11) is 1.63. The molecule has 0 amide bonds. The molecule has 3 rings (SSSR count). The number of nitrogens with zero attached hydrogens (tertiary/aromatic N) is 1. The summed E-state index contributed by atoms with van der Waals surface area (Å²) < 4.78 is 5.19. The minimum absolute atomic E-state index is 0.0649. The summed E-state index contributed by atoms with van der Waals surface area (Å²) >= 11 is 0. The van der Waals surface area contributed by atoms with Crippen LogP contribution in [0.2, 0.25) is 0 Å². The second kappa shape index (κ2) is 8.91. The number of ether oxygens (including phenoxy) is 1. The van der Waals surface area contributed by atoms with Gasteiger partial charge in [-0.25, -0.2) is 0 Å². The number of rotatable bonds is 6. The Morgan fingerprint density at radius 2 is 1.79 bits per heavy atom. The molecule has 2 aromatic rings. The van der Waals surface area contributed by atoms with E-state index >= 15 is 0 Å². The zero-order valence-electron chi connectivity index (χ0n) is 17.2. The maximum absolute atomic E-state index is 12.8. The first kappa shape index (κ1) is 20.6. The van der Waals surface area contributed by atoms with Crippen molar-refractivity contribution < 1.29 is 14.6 Å². The largest absolute Gasteiger partial charge is 0.511 e. The lowest BCUT2D eigenvalue weighted by Crippen LogP contribution is -2.28. The van der Waals surface area contributed by atoms with Crippen molar-refractivity contribution in [3.05, 3.63) is 83.1 Å². The lowest BCUT2D eigenvalue weighted by Gasteiger charge is -2.29. The van der Waals surface area contributed by atoms with Crippen molar-refractivity contribution in [2.24, 2.45) is 10.4 Å². The van der Waals surface area contributed by atoms with E-state index in [-0.39, 0.29) is 17.0 Å². The van der Waals surface area contributed by atoms with Gasteiger partial charge in [-0.05, 0) is 34.8 Å². The third kappa shape index (κ3) is 5.44. The van der Waals surface area contributed by atoms with E-state index in [2.05, 4.69) is 4.99 Å². The smallest absolute Gasteiger partial charge is 0.168 e. The first-order valence-electron chi connectivity index (χ1n) is 9.74. The zero-order chi connectivity index (χ0) is 20.9. The molecule has 29 heavy (non-hydrogen) atoms. The number of carbonyl (C=O) groups excluding carboxylic acids is 1. The van der Waals surface area contributed by atoms with Crippen LogP contribution in [0.5, 0.6) is 5.75 Å². The average molecular weight is 389 g/mol. The Kier molecular flexibility index (Phi) is 6.32. The zero-order valence-corrected chi connectivity index (χ0v) is 17.2. The van der Waals surface area contributed by atoms with Crippen LogP contribution >= 0.6 is 0 Å². The molecule has 0 saturated carbocycles. The molecule has 2 aromatic carbocycles. The highest BCUT2D eigenvalue weighted by Crippen LogP contribution is 2.36. The minimum Gasteiger partial charge on any atom is -0.511 e. The number of methoxy groups -OCH3 is 1. The lowest BCUT2D eigenvalue weighted by atomic mass is 9.75. The molecular formula is C25H27NO3. The fraction of sp³-hybridized carbons (Fsp3) is 0.280. The van der Waals surface area contributed by atoms with Gasteiger partial charge >= 0.3 is 0 Å². The number of aliphatic hydroxyl groups excluding tert-OH is 1. The Bertz CT molecular complexity index is 951. The third-order valence-corrected chi connectivity index (χ3v) is 4.93. The normalized spacial score (nSPS) is 17.1. The topological polar surface area (TPSA) is 58.9 Å². The van der Waals surface area contributed by atoms with Gasteiger partial charge in [-0.15, -0.1) is 0 Å². The second-order valence-electron chi connectivity index (χ2n) is 8.06. The summed E-state index contributed by atoms with van der Waals surface area (Å²) in [6.45, 7) is 4.42. The van der Waals surface area contributed by atoms with Crippen LogP contribution in [0.1, 0.15) is 37.8 Å². The Morgan fingerprint density at radius 3 is 2.41 bits per heavy atom. The maximum atomic E-state index is 12.8. The summed E-state index contributed by atoms with van der Waals surface area (Å²) in [5.74, 6) is 0.840. The average Bonchev–Trinajstić information content (AvgIpc) is 2.69. The number of aliphatic imine (C=N–C) groups is 1. The molecule has 0 saturated heterocycles. The molecule has 0 aliphatic heterocycles. The standard InChI is InChI=1S/C25H27NO3/c1-25(2)15-22(27)24(23(28)16-25)21(26-17-19-7-5-4-6-8-19)14-11-18-9-12-20(29-3)13-10-18/h4-14,27H,15-17H2,1-3H3/b14-11+,26-21?. The van der Waals surface area contributed by atoms with E-state index < -0.39 is 0 Å². The maximum Gasteiger partial charge on any atom is 0.168 e. The van der Waals surface area contributed by atoms with Gasteiger partial charge in [0.2, 0.25) is 0 Å². The summed E-state index contributed by atoms with van der Waals surface area (Å²) in [4.78, 5) is 17.5. The van der Waals surface area contributed by atoms with Crippen LogP contribution in [-0.4, -0.2) is 23.7 Å². The van der Waals surface area contributed by atoms with Crippen molar-refractivity contribution in [2.45, 2.75) is 33.2 Å². The molecule has 1 aliphatic rings. The highest BCUT2D eigenvalue weighted by molar-refractivity contribution is 6.28. The van der Waals surface area contributed by atoms with Crippen LogP contribution in [0.3, 0.4) is 0 Å². The van der Waals surface area contributed by atoms with E-state index in [1.165, 1.54) is 0 Å². The van der Waals surface area contributed by atoms with Gasteiger partial charge in [0.05, 0.1) is 24.9 Å². The summed E-state index contributed by atoms with van der Waals surface area (Å²) in [5, 5.41) is 10.6. The number of carbonyl (C=O) groups is 1. The predicted octanol–water partition coefficient (Wildman–Crippen LogP) is 5.55. The van der Waals surface area contributed by atoms with Gasteiger partial charge < -0.3 is 9.84 Å². The SMILES string of the molecule is COc1ccc(/C=C/C(=NCc2ccccc2)C2=C(O)CC(C)(C)CC2=O)cc1. The van der Waals surface area contributed by atoms with E-state index in [1.54, 1.807) is 7.11 Å². The summed E-state index contributed by atoms with van der Waals surface area (Å²) in [6.07, 6.45) is 4.57. The molecule has 150 valence electrons. The van der Waals surface area contributed by atoms with E-state index in [0.717, 1.165) is 16.9 Å². The first-order valence-corrected chi connectivity index (χ1v) is 9.74. The molecule has 0 aromatic heterocycles. The van der Waals surface area contributed by atoms with Crippen LogP contribution in [0.4, 0.5) is 0 Å². The molecule has 0 atom stereocenters. The third-order valence-electron chi connectivity index (χ3n) is 4.93. The van der Waals surface area contributed by atoms with Crippen molar-refractivity contribution in [3.8, 4) is 5.75 Å². The molecule has 1 N–H and O–H groups in total. The number of hydrogen-bond donors (Lipinski definition) is 1. The number of ketones is 1. The molecule has 0 spiro atoms. The van der Waals surface area contributed by atoms with Crippen molar-refractivity contribution in [3.63, 3.8) is 0 Å². The van der Waals surface area contributed by atoms with Crippen LogP contribution in [0, 0.1) is 5.41 Å². The molecule has 0 bridgehead atoms. The summed E-state index contributed by atoms with van der Waals surface area (Å²) in [6, 6.07) is 17.5. The van der Waals surface area contributed by atoms with Crippen molar-refractivity contribution in [1.29, 1.82) is 0 Å². The fourth-order valence-corrected chi connectivity index (χ4v) is 3.44. The molecule has 0 fully saturated rings. The minimum atomic E-state index is -0.241. The van der Waals surface area contributed by atoms with Gasteiger partial charge in [-0.2, -0.15) is 0 Å².